The lowest BCUT2D eigenvalue weighted by atomic mass is 10.1. The Hall–Kier alpha value is -1.26. The molecule has 0 aliphatic heterocycles. The molecule has 0 saturated heterocycles. The van der Waals surface area contributed by atoms with Crippen LogP contribution in [0.4, 0.5) is 0 Å². The van der Waals surface area contributed by atoms with Gasteiger partial charge >= 0.3 is 5.97 Å². The summed E-state index contributed by atoms with van der Waals surface area (Å²) in [5, 5.41) is 3.63. The van der Waals surface area contributed by atoms with Crippen LogP contribution in [0.1, 0.15) is 31.9 Å². The van der Waals surface area contributed by atoms with Gasteiger partial charge in [-0.1, -0.05) is 24.6 Å². The average Bonchev–Trinajstić information content (AvgIpc) is 2.40. The van der Waals surface area contributed by atoms with E-state index in [1.54, 1.807) is 32.2 Å². The van der Waals surface area contributed by atoms with Crippen LogP contribution >= 0.6 is 11.6 Å². The minimum atomic E-state index is -0.608. The molecule has 0 bridgehead atoms. The van der Waals surface area contributed by atoms with E-state index in [0.717, 1.165) is 6.42 Å². The Morgan fingerprint density at radius 2 is 2.16 bits per heavy atom. The molecule has 5 heteroatoms. The SMILES string of the molecule is CCCNC(C(=O)OCC)c1c(Cl)cccc1OC. The van der Waals surface area contributed by atoms with E-state index in [9.17, 15) is 4.79 Å². The number of benzene rings is 1. The molecule has 106 valence electrons. The predicted molar refractivity (Wildman–Crippen MR) is 75.7 cm³/mol. The van der Waals surface area contributed by atoms with Crippen molar-refractivity contribution in [1.82, 2.24) is 5.32 Å². The molecule has 0 amide bonds. The van der Waals surface area contributed by atoms with E-state index < -0.39 is 6.04 Å². The van der Waals surface area contributed by atoms with E-state index >= 15 is 0 Å². The van der Waals surface area contributed by atoms with Gasteiger partial charge in [0.1, 0.15) is 11.8 Å². The van der Waals surface area contributed by atoms with Gasteiger partial charge in [0.2, 0.25) is 0 Å². The lowest BCUT2D eigenvalue weighted by molar-refractivity contribution is -0.145. The van der Waals surface area contributed by atoms with Crippen LogP contribution in [0.25, 0.3) is 0 Å². The standard InChI is InChI=1S/C14H20ClNO3/c1-4-9-16-13(14(17)19-5-2)12-10(15)7-6-8-11(12)18-3/h6-8,13,16H,4-5,9H2,1-3H3. The van der Waals surface area contributed by atoms with Crippen LogP contribution < -0.4 is 10.1 Å². The first kappa shape index (κ1) is 15.8. The second-order valence-electron chi connectivity index (χ2n) is 3.99. The van der Waals surface area contributed by atoms with Gasteiger partial charge in [0, 0.05) is 10.6 Å². The molecule has 0 radical (unpaired) electrons. The third-order valence-corrected chi connectivity index (χ3v) is 2.97. The number of methoxy groups -OCH3 is 1. The average molecular weight is 286 g/mol. The second-order valence-corrected chi connectivity index (χ2v) is 4.40. The maximum atomic E-state index is 12.1. The minimum Gasteiger partial charge on any atom is -0.496 e. The summed E-state index contributed by atoms with van der Waals surface area (Å²) in [7, 11) is 1.55. The molecule has 1 N–H and O–H groups in total. The van der Waals surface area contributed by atoms with Crippen molar-refractivity contribution in [3.8, 4) is 5.75 Å². The van der Waals surface area contributed by atoms with E-state index in [-0.39, 0.29) is 5.97 Å². The fourth-order valence-electron chi connectivity index (χ4n) is 1.79. The normalized spacial score (nSPS) is 12.0. The van der Waals surface area contributed by atoms with Gasteiger partial charge in [0.15, 0.2) is 0 Å². The summed E-state index contributed by atoms with van der Waals surface area (Å²) in [5.41, 5.74) is 0.624. The van der Waals surface area contributed by atoms with E-state index in [1.807, 2.05) is 6.92 Å². The van der Waals surface area contributed by atoms with Crippen molar-refractivity contribution in [1.29, 1.82) is 0 Å². The quantitative estimate of drug-likeness (QED) is 0.783. The van der Waals surface area contributed by atoms with Crippen LogP contribution in [0.3, 0.4) is 0 Å². The highest BCUT2D eigenvalue weighted by Crippen LogP contribution is 2.32. The minimum absolute atomic E-state index is 0.329. The van der Waals surface area contributed by atoms with Crippen LogP contribution in [-0.2, 0) is 9.53 Å². The van der Waals surface area contributed by atoms with Crippen molar-refractivity contribution in [2.24, 2.45) is 0 Å². The highest BCUT2D eigenvalue weighted by molar-refractivity contribution is 6.31. The molecule has 4 nitrogen and oxygen atoms in total. The molecule has 0 aliphatic carbocycles. The van der Waals surface area contributed by atoms with E-state index in [2.05, 4.69) is 5.32 Å². The molecular weight excluding hydrogens is 266 g/mol. The molecule has 19 heavy (non-hydrogen) atoms. The van der Waals surface area contributed by atoms with Crippen molar-refractivity contribution in [2.45, 2.75) is 26.3 Å². The topological polar surface area (TPSA) is 47.6 Å². The third-order valence-electron chi connectivity index (χ3n) is 2.64. The van der Waals surface area contributed by atoms with Crippen LogP contribution in [0.5, 0.6) is 5.75 Å². The summed E-state index contributed by atoms with van der Waals surface area (Å²) in [6, 6.07) is 4.69. The Balaban J connectivity index is 3.12. The highest BCUT2D eigenvalue weighted by Gasteiger charge is 2.26. The monoisotopic (exact) mass is 285 g/mol. The van der Waals surface area contributed by atoms with Crippen molar-refractivity contribution in [2.75, 3.05) is 20.3 Å². The van der Waals surface area contributed by atoms with Crippen LogP contribution in [0.15, 0.2) is 18.2 Å². The van der Waals surface area contributed by atoms with Crippen molar-refractivity contribution < 1.29 is 14.3 Å². The van der Waals surface area contributed by atoms with Crippen molar-refractivity contribution in [3.63, 3.8) is 0 Å². The Labute approximate surface area is 119 Å². The van der Waals surface area contributed by atoms with Gasteiger partial charge in [-0.05, 0) is 32.0 Å². The van der Waals surface area contributed by atoms with E-state index in [1.165, 1.54) is 0 Å². The molecule has 1 rings (SSSR count). The molecule has 0 fully saturated rings. The number of carbonyl (C=O) groups is 1. The molecule has 1 atom stereocenters. The third kappa shape index (κ3) is 4.11. The summed E-state index contributed by atoms with van der Waals surface area (Å²) in [5.74, 6) is 0.233. The van der Waals surface area contributed by atoms with Gasteiger partial charge in [-0.25, -0.2) is 4.79 Å². The Kier molecular flexibility index (Phi) is 6.67. The second kappa shape index (κ2) is 8.02. The van der Waals surface area contributed by atoms with Crippen molar-refractivity contribution >= 4 is 17.6 Å². The van der Waals surface area contributed by atoms with E-state index in [4.69, 9.17) is 21.1 Å². The smallest absolute Gasteiger partial charge is 0.327 e. The summed E-state index contributed by atoms with van der Waals surface area (Å²) in [6.07, 6.45) is 0.905. The zero-order valence-electron chi connectivity index (χ0n) is 11.5. The van der Waals surface area contributed by atoms with Gasteiger partial charge in [-0.15, -0.1) is 0 Å². The largest absolute Gasteiger partial charge is 0.496 e. The molecule has 0 saturated carbocycles. The number of nitrogens with one attached hydrogen (secondary N) is 1. The lowest BCUT2D eigenvalue weighted by Gasteiger charge is -2.20. The number of carbonyl (C=O) groups excluding carboxylic acids is 1. The summed E-state index contributed by atoms with van der Waals surface area (Å²) in [4.78, 5) is 12.1. The first-order valence-electron chi connectivity index (χ1n) is 6.38. The summed E-state index contributed by atoms with van der Waals surface area (Å²) >= 11 is 6.20. The summed E-state index contributed by atoms with van der Waals surface area (Å²) in [6.45, 7) is 4.82. The fraction of sp³-hybridized carbons (Fsp3) is 0.500. The molecule has 0 aliphatic rings. The Morgan fingerprint density at radius 3 is 2.74 bits per heavy atom. The Bertz CT molecular complexity index is 423. The summed E-state index contributed by atoms with van der Waals surface area (Å²) < 4.78 is 10.4. The molecule has 1 aromatic carbocycles. The highest BCUT2D eigenvalue weighted by atomic mass is 35.5. The Morgan fingerprint density at radius 1 is 1.42 bits per heavy atom. The van der Waals surface area contributed by atoms with Gasteiger partial charge in [-0.2, -0.15) is 0 Å². The van der Waals surface area contributed by atoms with Gasteiger partial charge < -0.3 is 14.8 Å². The maximum Gasteiger partial charge on any atom is 0.327 e. The zero-order valence-corrected chi connectivity index (χ0v) is 12.3. The van der Waals surface area contributed by atoms with Gasteiger partial charge in [-0.3, -0.25) is 0 Å². The number of hydrogen-bond acceptors (Lipinski definition) is 4. The molecule has 0 aromatic heterocycles. The molecule has 1 aromatic rings. The molecule has 0 heterocycles. The first-order valence-corrected chi connectivity index (χ1v) is 6.75. The number of halogens is 1. The number of rotatable bonds is 7. The molecular formula is C14H20ClNO3. The molecule has 1 unspecified atom stereocenters. The van der Waals surface area contributed by atoms with Crippen LogP contribution in [0, 0.1) is 0 Å². The van der Waals surface area contributed by atoms with Crippen LogP contribution in [-0.4, -0.2) is 26.2 Å². The number of esters is 1. The zero-order chi connectivity index (χ0) is 14.3. The van der Waals surface area contributed by atoms with Gasteiger partial charge in [0.05, 0.1) is 13.7 Å². The predicted octanol–water partition coefficient (Wildman–Crippen LogP) is 2.95. The number of ether oxygens (including phenoxy) is 2. The first-order chi connectivity index (χ1) is 9.15. The lowest BCUT2D eigenvalue weighted by Crippen LogP contribution is -2.31. The van der Waals surface area contributed by atoms with Gasteiger partial charge in [0.25, 0.3) is 0 Å². The molecule has 0 spiro atoms. The fourth-order valence-corrected chi connectivity index (χ4v) is 2.07. The van der Waals surface area contributed by atoms with E-state index in [0.29, 0.717) is 29.5 Å². The number of hydrogen-bond donors (Lipinski definition) is 1. The van der Waals surface area contributed by atoms with Crippen LogP contribution in [0.2, 0.25) is 5.02 Å². The van der Waals surface area contributed by atoms with Crippen molar-refractivity contribution in [3.05, 3.63) is 28.8 Å². The maximum absolute atomic E-state index is 12.1.